The van der Waals surface area contributed by atoms with Gasteiger partial charge in [-0.2, -0.15) is 0 Å². The molecule has 0 saturated carbocycles. The third-order valence-corrected chi connectivity index (χ3v) is 3.47. The second-order valence-electron chi connectivity index (χ2n) is 3.01. The van der Waals surface area contributed by atoms with Crippen LogP contribution in [0.4, 0.5) is 0 Å². The number of hydrogen-bond acceptors (Lipinski definition) is 3. The molecule has 0 aliphatic carbocycles. The van der Waals surface area contributed by atoms with Gasteiger partial charge in [0.15, 0.2) is 0 Å². The predicted octanol–water partition coefficient (Wildman–Crippen LogP) is 0.722. The standard InChI is InChI=1S/C9H11NO2S/c11-5-1-2-7-3-4-10-8(12)6-9(10)13-7/h1-4,7,9,11H,5-6H2/b2-1+/t7?,9-/m1/s1. The van der Waals surface area contributed by atoms with Gasteiger partial charge in [-0.25, -0.2) is 0 Å². The molecule has 2 heterocycles. The normalized spacial score (nSPS) is 32.1. The van der Waals surface area contributed by atoms with Crippen LogP contribution < -0.4 is 0 Å². The van der Waals surface area contributed by atoms with Crippen LogP contribution in [0.25, 0.3) is 0 Å². The second kappa shape index (κ2) is 3.55. The molecule has 4 heteroatoms. The minimum absolute atomic E-state index is 0.0816. The van der Waals surface area contributed by atoms with Crippen LogP contribution in [0.3, 0.4) is 0 Å². The molecule has 70 valence electrons. The quantitative estimate of drug-likeness (QED) is 0.524. The summed E-state index contributed by atoms with van der Waals surface area (Å²) in [5, 5.41) is 9.22. The minimum Gasteiger partial charge on any atom is -0.392 e. The van der Waals surface area contributed by atoms with Crippen molar-refractivity contribution < 1.29 is 9.90 Å². The number of nitrogens with zero attached hydrogens (tertiary/aromatic N) is 1. The van der Waals surface area contributed by atoms with Gasteiger partial charge in [-0.15, -0.1) is 11.8 Å². The Labute approximate surface area is 81.1 Å². The van der Waals surface area contributed by atoms with Gasteiger partial charge in [0.1, 0.15) is 0 Å². The van der Waals surface area contributed by atoms with Crippen LogP contribution in [0.1, 0.15) is 6.42 Å². The number of carbonyl (C=O) groups excluding carboxylic acids is 1. The molecule has 0 spiro atoms. The van der Waals surface area contributed by atoms with Gasteiger partial charge in [-0.3, -0.25) is 4.79 Å². The van der Waals surface area contributed by atoms with E-state index in [2.05, 4.69) is 0 Å². The molecule has 13 heavy (non-hydrogen) atoms. The fourth-order valence-corrected chi connectivity index (χ4v) is 2.69. The summed E-state index contributed by atoms with van der Waals surface area (Å²) in [5.74, 6) is 0.207. The Balaban J connectivity index is 1.97. The van der Waals surface area contributed by atoms with Gasteiger partial charge in [-0.1, -0.05) is 18.2 Å². The van der Waals surface area contributed by atoms with Gasteiger partial charge in [0.25, 0.3) is 0 Å². The number of rotatable bonds is 2. The SMILES string of the molecule is O=C1C[C@H]2SC(/C=C/CO)C=CN12. The number of aliphatic hydroxyl groups is 1. The van der Waals surface area contributed by atoms with Crippen molar-refractivity contribution in [2.45, 2.75) is 17.0 Å². The molecule has 2 aliphatic heterocycles. The summed E-state index contributed by atoms with van der Waals surface area (Å²) in [6.45, 7) is 0.0816. The zero-order valence-corrected chi connectivity index (χ0v) is 7.91. The van der Waals surface area contributed by atoms with Crippen molar-refractivity contribution in [2.24, 2.45) is 0 Å². The maximum Gasteiger partial charge on any atom is 0.230 e. The van der Waals surface area contributed by atoms with E-state index in [0.29, 0.717) is 17.0 Å². The molecule has 1 amide bonds. The van der Waals surface area contributed by atoms with Crippen molar-refractivity contribution in [3.8, 4) is 0 Å². The molecule has 0 aromatic heterocycles. The molecule has 1 unspecified atom stereocenters. The van der Waals surface area contributed by atoms with Gasteiger partial charge in [0.05, 0.1) is 18.4 Å². The van der Waals surface area contributed by atoms with Crippen LogP contribution >= 0.6 is 11.8 Å². The van der Waals surface area contributed by atoms with E-state index in [-0.39, 0.29) is 12.5 Å². The topological polar surface area (TPSA) is 40.5 Å². The van der Waals surface area contributed by atoms with Crippen LogP contribution in [-0.2, 0) is 4.79 Å². The summed E-state index contributed by atoms with van der Waals surface area (Å²) in [5.41, 5.74) is 0. The van der Waals surface area contributed by atoms with Gasteiger partial charge >= 0.3 is 0 Å². The average Bonchev–Trinajstić information content (AvgIpc) is 2.13. The fourth-order valence-electron chi connectivity index (χ4n) is 1.40. The Hall–Kier alpha value is -0.740. The summed E-state index contributed by atoms with van der Waals surface area (Å²) in [6.07, 6.45) is 8.17. The lowest BCUT2D eigenvalue weighted by Gasteiger charge is -2.41. The highest BCUT2D eigenvalue weighted by atomic mass is 32.2. The van der Waals surface area contributed by atoms with E-state index in [0.717, 1.165) is 0 Å². The largest absolute Gasteiger partial charge is 0.392 e. The molecule has 0 radical (unpaired) electrons. The third-order valence-electron chi connectivity index (χ3n) is 2.13. The van der Waals surface area contributed by atoms with Crippen molar-refractivity contribution in [2.75, 3.05) is 6.61 Å². The number of carbonyl (C=O) groups is 1. The van der Waals surface area contributed by atoms with Gasteiger partial charge in [0, 0.05) is 11.4 Å². The Morgan fingerprint density at radius 1 is 1.77 bits per heavy atom. The highest BCUT2D eigenvalue weighted by Crippen LogP contribution is 2.37. The van der Waals surface area contributed by atoms with E-state index >= 15 is 0 Å². The molecule has 2 rings (SSSR count). The summed E-state index contributed by atoms with van der Waals surface area (Å²) in [6, 6.07) is 0. The van der Waals surface area contributed by atoms with Crippen LogP contribution in [0.2, 0.25) is 0 Å². The summed E-state index contributed by atoms with van der Waals surface area (Å²) in [7, 11) is 0. The van der Waals surface area contributed by atoms with E-state index in [9.17, 15) is 4.79 Å². The predicted molar refractivity (Wildman–Crippen MR) is 52.0 cm³/mol. The fraction of sp³-hybridized carbons (Fsp3) is 0.444. The van der Waals surface area contributed by atoms with Crippen molar-refractivity contribution >= 4 is 17.7 Å². The molecule has 2 aliphatic rings. The number of aliphatic hydroxyl groups excluding tert-OH is 1. The Morgan fingerprint density at radius 2 is 2.62 bits per heavy atom. The van der Waals surface area contributed by atoms with Gasteiger partial charge in [-0.05, 0) is 0 Å². The van der Waals surface area contributed by atoms with Crippen molar-refractivity contribution in [1.29, 1.82) is 0 Å². The lowest BCUT2D eigenvalue weighted by atomic mass is 10.2. The van der Waals surface area contributed by atoms with Crippen LogP contribution in [-0.4, -0.2) is 33.1 Å². The Kier molecular flexibility index (Phi) is 2.42. The first kappa shape index (κ1) is 8.84. The molecule has 1 saturated heterocycles. The number of amides is 1. The molecular formula is C9H11NO2S. The molecule has 0 aromatic rings. The Morgan fingerprint density at radius 3 is 3.23 bits per heavy atom. The second-order valence-corrected chi connectivity index (χ2v) is 4.37. The lowest BCUT2D eigenvalue weighted by molar-refractivity contribution is -0.137. The lowest BCUT2D eigenvalue weighted by Crippen LogP contribution is -2.49. The highest BCUT2D eigenvalue weighted by molar-refractivity contribution is 8.00. The number of hydrogen-bond donors (Lipinski definition) is 1. The average molecular weight is 197 g/mol. The van der Waals surface area contributed by atoms with Crippen LogP contribution in [0, 0.1) is 0 Å². The highest BCUT2D eigenvalue weighted by Gasteiger charge is 2.38. The van der Waals surface area contributed by atoms with Crippen LogP contribution in [0.5, 0.6) is 0 Å². The smallest absolute Gasteiger partial charge is 0.230 e. The third kappa shape index (κ3) is 1.64. The van der Waals surface area contributed by atoms with Gasteiger partial charge < -0.3 is 10.0 Å². The summed E-state index contributed by atoms with van der Waals surface area (Å²) >= 11 is 1.75. The zero-order chi connectivity index (χ0) is 9.26. The van der Waals surface area contributed by atoms with Crippen molar-refractivity contribution in [1.82, 2.24) is 4.90 Å². The van der Waals surface area contributed by atoms with Crippen molar-refractivity contribution in [3.63, 3.8) is 0 Å². The van der Waals surface area contributed by atoms with E-state index < -0.39 is 0 Å². The van der Waals surface area contributed by atoms with E-state index in [1.165, 1.54) is 0 Å². The molecule has 0 bridgehead atoms. The van der Waals surface area contributed by atoms with E-state index in [4.69, 9.17) is 5.11 Å². The molecule has 0 aromatic carbocycles. The molecule has 1 fully saturated rings. The van der Waals surface area contributed by atoms with Crippen LogP contribution in [0.15, 0.2) is 24.4 Å². The molecule has 1 N–H and O–H groups in total. The minimum atomic E-state index is 0.0816. The first-order chi connectivity index (χ1) is 6.31. The maximum atomic E-state index is 11.0. The zero-order valence-electron chi connectivity index (χ0n) is 7.09. The number of thioether (sulfide) groups is 1. The van der Waals surface area contributed by atoms with E-state index in [1.807, 2.05) is 18.4 Å². The molecule has 3 nitrogen and oxygen atoms in total. The first-order valence-corrected chi connectivity index (χ1v) is 5.18. The number of fused-ring (bicyclic) bond motifs is 1. The Bertz CT molecular complexity index is 275. The first-order valence-electron chi connectivity index (χ1n) is 4.24. The number of β-lactam (4-membered cyclic amide) rings is 1. The summed E-state index contributed by atoms with van der Waals surface area (Å²) < 4.78 is 0. The monoisotopic (exact) mass is 197 g/mol. The summed E-state index contributed by atoms with van der Waals surface area (Å²) in [4.78, 5) is 12.7. The van der Waals surface area contributed by atoms with E-state index in [1.54, 1.807) is 22.7 Å². The van der Waals surface area contributed by atoms with Crippen molar-refractivity contribution in [3.05, 3.63) is 24.4 Å². The maximum absolute atomic E-state index is 11.0. The molecular weight excluding hydrogens is 186 g/mol. The molecule has 2 atom stereocenters. The van der Waals surface area contributed by atoms with Gasteiger partial charge in [0.2, 0.25) is 5.91 Å².